The molecular formula is C26H18F2N4O3. The molecule has 5 aromatic rings. The van der Waals surface area contributed by atoms with Gasteiger partial charge in [-0.3, -0.25) is 9.59 Å². The molecule has 0 saturated carbocycles. The van der Waals surface area contributed by atoms with E-state index in [1.54, 1.807) is 48.5 Å². The lowest BCUT2D eigenvalue weighted by Gasteiger charge is -2.10. The Balaban J connectivity index is 1.36. The molecule has 7 nitrogen and oxygen atoms in total. The Morgan fingerprint density at radius 3 is 2.60 bits per heavy atom. The van der Waals surface area contributed by atoms with Gasteiger partial charge in [0.1, 0.15) is 17.5 Å². The smallest absolute Gasteiger partial charge is 0.291 e. The Morgan fingerprint density at radius 2 is 1.80 bits per heavy atom. The van der Waals surface area contributed by atoms with Crippen molar-refractivity contribution in [1.82, 2.24) is 9.97 Å². The number of aromatic nitrogens is 2. The molecule has 174 valence electrons. The van der Waals surface area contributed by atoms with Crippen LogP contribution in [0, 0.1) is 18.6 Å². The van der Waals surface area contributed by atoms with Crippen molar-refractivity contribution < 1.29 is 22.8 Å². The van der Waals surface area contributed by atoms with Crippen LogP contribution in [0.5, 0.6) is 0 Å². The lowest BCUT2D eigenvalue weighted by molar-refractivity contribution is 0.0993. The number of hydrogen-bond donors (Lipinski definition) is 3. The van der Waals surface area contributed by atoms with Crippen LogP contribution in [0.4, 0.5) is 20.2 Å². The summed E-state index contributed by atoms with van der Waals surface area (Å²) in [7, 11) is 0. The van der Waals surface area contributed by atoms with Crippen molar-refractivity contribution in [1.29, 1.82) is 0 Å². The van der Waals surface area contributed by atoms with Crippen LogP contribution >= 0.6 is 0 Å². The second-order valence-corrected chi connectivity index (χ2v) is 7.86. The molecule has 5 rings (SSSR count). The Bertz CT molecular complexity index is 1580. The van der Waals surface area contributed by atoms with E-state index in [0.29, 0.717) is 28.0 Å². The van der Waals surface area contributed by atoms with Gasteiger partial charge >= 0.3 is 0 Å². The van der Waals surface area contributed by atoms with E-state index in [1.165, 1.54) is 6.26 Å². The average molecular weight is 472 g/mol. The van der Waals surface area contributed by atoms with E-state index >= 15 is 0 Å². The quantitative estimate of drug-likeness (QED) is 0.296. The van der Waals surface area contributed by atoms with Crippen LogP contribution in [0.1, 0.15) is 26.5 Å². The molecule has 2 heterocycles. The summed E-state index contributed by atoms with van der Waals surface area (Å²) in [5, 5.41) is 5.53. The van der Waals surface area contributed by atoms with Gasteiger partial charge in [0.25, 0.3) is 11.8 Å². The first-order valence-corrected chi connectivity index (χ1v) is 10.6. The second-order valence-electron chi connectivity index (χ2n) is 7.86. The Labute approximate surface area is 197 Å². The lowest BCUT2D eigenvalue weighted by atomic mass is 10.1. The molecule has 0 aliphatic carbocycles. The zero-order valence-electron chi connectivity index (χ0n) is 18.4. The molecule has 0 atom stereocenters. The number of fused-ring (bicyclic) bond motifs is 1. The number of amides is 2. The number of furan rings is 1. The Hall–Kier alpha value is -4.79. The fourth-order valence-electron chi connectivity index (χ4n) is 3.59. The number of aryl methyl sites for hydroxylation is 1. The topological polar surface area (TPSA) is 100 Å². The normalized spacial score (nSPS) is 10.9. The van der Waals surface area contributed by atoms with Gasteiger partial charge in [0.2, 0.25) is 0 Å². The minimum absolute atomic E-state index is 0.00978. The molecule has 0 unspecified atom stereocenters. The monoisotopic (exact) mass is 472 g/mol. The lowest BCUT2D eigenvalue weighted by Crippen LogP contribution is -2.15. The highest BCUT2D eigenvalue weighted by Gasteiger charge is 2.15. The summed E-state index contributed by atoms with van der Waals surface area (Å²) in [6.45, 7) is 1.81. The van der Waals surface area contributed by atoms with Crippen LogP contribution in [0.25, 0.3) is 22.4 Å². The van der Waals surface area contributed by atoms with Crippen molar-refractivity contribution >= 4 is 34.2 Å². The van der Waals surface area contributed by atoms with Crippen molar-refractivity contribution in [3.8, 4) is 11.4 Å². The van der Waals surface area contributed by atoms with Gasteiger partial charge in [0, 0.05) is 16.9 Å². The number of H-pyrrole nitrogens is 1. The van der Waals surface area contributed by atoms with E-state index in [4.69, 9.17) is 4.42 Å². The molecule has 3 N–H and O–H groups in total. The van der Waals surface area contributed by atoms with Crippen molar-refractivity contribution in [2.75, 3.05) is 10.6 Å². The van der Waals surface area contributed by atoms with E-state index < -0.39 is 23.4 Å². The molecule has 0 spiro atoms. The minimum Gasteiger partial charge on any atom is -0.459 e. The summed E-state index contributed by atoms with van der Waals surface area (Å²) >= 11 is 0. The molecule has 0 saturated heterocycles. The van der Waals surface area contributed by atoms with Crippen LogP contribution < -0.4 is 10.6 Å². The number of halogens is 2. The third kappa shape index (κ3) is 4.51. The predicted molar refractivity (Wildman–Crippen MR) is 127 cm³/mol. The highest BCUT2D eigenvalue weighted by Crippen LogP contribution is 2.26. The molecule has 0 radical (unpaired) electrons. The van der Waals surface area contributed by atoms with Crippen LogP contribution in [0.2, 0.25) is 0 Å². The first-order chi connectivity index (χ1) is 16.9. The summed E-state index contributed by atoms with van der Waals surface area (Å²) in [5.41, 5.74) is 3.13. The largest absolute Gasteiger partial charge is 0.459 e. The first kappa shape index (κ1) is 22.0. The molecule has 0 fully saturated rings. The zero-order chi connectivity index (χ0) is 24.5. The molecule has 2 aromatic heterocycles. The fraction of sp³-hybridized carbons (Fsp3) is 0.0385. The Morgan fingerprint density at radius 1 is 0.943 bits per heavy atom. The molecule has 9 heteroatoms. The first-order valence-electron chi connectivity index (χ1n) is 10.6. The third-order valence-corrected chi connectivity index (χ3v) is 5.42. The van der Waals surface area contributed by atoms with E-state index in [1.807, 2.05) is 6.92 Å². The number of nitrogens with zero attached hydrogens (tertiary/aromatic N) is 1. The average Bonchev–Trinajstić information content (AvgIpc) is 3.52. The maximum Gasteiger partial charge on any atom is 0.291 e. The van der Waals surface area contributed by atoms with Crippen LogP contribution in [0.15, 0.2) is 77.4 Å². The third-order valence-electron chi connectivity index (χ3n) is 5.42. The van der Waals surface area contributed by atoms with Gasteiger partial charge in [-0.2, -0.15) is 0 Å². The number of aromatic amines is 1. The highest BCUT2D eigenvalue weighted by atomic mass is 19.1. The van der Waals surface area contributed by atoms with E-state index in [9.17, 15) is 18.4 Å². The van der Waals surface area contributed by atoms with Gasteiger partial charge in [-0.15, -0.1) is 0 Å². The summed E-state index contributed by atoms with van der Waals surface area (Å²) in [6.07, 6.45) is 1.40. The van der Waals surface area contributed by atoms with E-state index in [-0.39, 0.29) is 17.1 Å². The maximum atomic E-state index is 14.1. The number of rotatable bonds is 5. The van der Waals surface area contributed by atoms with Gasteiger partial charge < -0.3 is 20.0 Å². The van der Waals surface area contributed by atoms with Crippen LogP contribution in [-0.2, 0) is 0 Å². The van der Waals surface area contributed by atoms with Gasteiger partial charge in [-0.25, -0.2) is 13.8 Å². The Kier molecular flexibility index (Phi) is 5.58. The molecule has 3 aromatic carbocycles. The van der Waals surface area contributed by atoms with Gasteiger partial charge in [0.05, 0.1) is 22.9 Å². The predicted octanol–water partition coefficient (Wildman–Crippen LogP) is 5.91. The summed E-state index contributed by atoms with van der Waals surface area (Å²) < 4.78 is 32.8. The van der Waals surface area contributed by atoms with Crippen molar-refractivity contribution in [2.45, 2.75) is 6.92 Å². The van der Waals surface area contributed by atoms with Crippen molar-refractivity contribution in [3.05, 3.63) is 102 Å². The number of anilines is 2. The SMILES string of the molecule is Cc1ccc(C(=O)Nc2ccc3nc(-c4cc(F)ccc4F)[nH]c3c2)cc1NC(=O)c1ccco1. The number of carbonyl (C=O) groups excluding carboxylic acids is 2. The molecule has 0 bridgehead atoms. The highest BCUT2D eigenvalue weighted by molar-refractivity contribution is 6.07. The molecule has 35 heavy (non-hydrogen) atoms. The molecular weight excluding hydrogens is 454 g/mol. The van der Waals surface area contributed by atoms with Crippen LogP contribution in [-0.4, -0.2) is 21.8 Å². The van der Waals surface area contributed by atoms with Crippen molar-refractivity contribution in [3.63, 3.8) is 0 Å². The minimum atomic E-state index is -0.603. The summed E-state index contributed by atoms with van der Waals surface area (Å²) in [5.74, 6) is -1.67. The van der Waals surface area contributed by atoms with E-state index in [0.717, 1.165) is 23.8 Å². The standard InChI is InChI=1S/C26H18F2N4O3/c1-14-4-5-15(11-21(14)32-26(34)23-3-2-10-35-23)25(33)29-17-7-9-20-22(13-17)31-24(30-20)18-12-16(27)6-8-19(18)28/h2-13H,1H3,(H,29,33)(H,30,31)(H,32,34). The molecule has 2 amide bonds. The number of nitrogens with one attached hydrogen (secondary N) is 3. The number of carbonyl (C=O) groups is 2. The van der Waals surface area contributed by atoms with E-state index in [2.05, 4.69) is 20.6 Å². The number of benzene rings is 3. The number of hydrogen-bond acceptors (Lipinski definition) is 4. The second kappa shape index (κ2) is 8.86. The molecule has 0 aliphatic heterocycles. The van der Waals surface area contributed by atoms with Gasteiger partial charge in [-0.1, -0.05) is 6.07 Å². The fourth-order valence-corrected chi connectivity index (χ4v) is 3.59. The van der Waals surface area contributed by atoms with Gasteiger partial charge in [0.15, 0.2) is 5.76 Å². The van der Waals surface area contributed by atoms with Crippen LogP contribution in [0.3, 0.4) is 0 Å². The summed E-state index contributed by atoms with van der Waals surface area (Å²) in [6, 6.07) is 16.2. The molecule has 0 aliphatic rings. The summed E-state index contributed by atoms with van der Waals surface area (Å²) in [4.78, 5) is 32.5. The zero-order valence-corrected chi connectivity index (χ0v) is 18.4. The maximum absolute atomic E-state index is 14.1. The van der Waals surface area contributed by atoms with Gasteiger partial charge in [-0.05, 0) is 73.2 Å². The van der Waals surface area contributed by atoms with Crippen molar-refractivity contribution in [2.24, 2.45) is 0 Å². The number of imidazole rings is 1.